The standard InChI is InChI=1S/C13H14Cl2N4O/c14-7-11(20)8-16-9-1-3-10(4-2-9)17-13-6-5-12(15)18-19-13/h1-6,11,16,20H,7-8H2,(H,17,19). The number of hydrogen-bond donors (Lipinski definition) is 3. The van der Waals surface area contributed by atoms with Crippen LogP contribution in [0.2, 0.25) is 5.15 Å². The van der Waals surface area contributed by atoms with Gasteiger partial charge >= 0.3 is 0 Å². The average molecular weight is 313 g/mol. The molecule has 0 aliphatic rings. The monoisotopic (exact) mass is 312 g/mol. The number of aliphatic hydroxyl groups excluding tert-OH is 1. The van der Waals surface area contributed by atoms with Crippen molar-refractivity contribution in [3.8, 4) is 0 Å². The number of nitrogens with one attached hydrogen (secondary N) is 2. The number of halogens is 2. The summed E-state index contributed by atoms with van der Waals surface area (Å²) < 4.78 is 0. The third-order valence-corrected chi connectivity index (χ3v) is 3.07. The normalized spacial score (nSPS) is 11.9. The number of alkyl halides is 1. The first-order valence-corrected chi connectivity index (χ1v) is 6.93. The Hall–Kier alpha value is -1.56. The van der Waals surface area contributed by atoms with Crippen molar-refractivity contribution < 1.29 is 5.11 Å². The maximum absolute atomic E-state index is 9.36. The summed E-state index contributed by atoms with van der Waals surface area (Å²) >= 11 is 11.2. The zero-order chi connectivity index (χ0) is 14.4. The molecule has 1 atom stereocenters. The molecule has 20 heavy (non-hydrogen) atoms. The van der Waals surface area contributed by atoms with Gasteiger partial charge in [0, 0.05) is 17.9 Å². The van der Waals surface area contributed by atoms with E-state index < -0.39 is 6.10 Å². The first-order chi connectivity index (χ1) is 9.67. The van der Waals surface area contributed by atoms with Crippen LogP contribution in [0.3, 0.4) is 0 Å². The molecule has 1 unspecified atom stereocenters. The topological polar surface area (TPSA) is 70.1 Å². The number of nitrogens with zero attached hydrogens (tertiary/aromatic N) is 2. The molecule has 0 aliphatic carbocycles. The van der Waals surface area contributed by atoms with Crippen molar-refractivity contribution in [3.05, 3.63) is 41.6 Å². The highest BCUT2D eigenvalue weighted by atomic mass is 35.5. The van der Waals surface area contributed by atoms with Crippen LogP contribution in [0.15, 0.2) is 36.4 Å². The van der Waals surface area contributed by atoms with E-state index in [4.69, 9.17) is 23.2 Å². The van der Waals surface area contributed by atoms with Crippen molar-refractivity contribution in [3.63, 3.8) is 0 Å². The lowest BCUT2D eigenvalue weighted by atomic mass is 10.2. The zero-order valence-electron chi connectivity index (χ0n) is 10.6. The quantitative estimate of drug-likeness (QED) is 0.715. The van der Waals surface area contributed by atoms with E-state index >= 15 is 0 Å². The van der Waals surface area contributed by atoms with E-state index in [9.17, 15) is 5.11 Å². The first kappa shape index (κ1) is 14.8. The summed E-state index contributed by atoms with van der Waals surface area (Å²) in [6, 6.07) is 11.0. The fourth-order valence-electron chi connectivity index (χ4n) is 1.49. The Morgan fingerprint density at radius 1 is 1.05 bits per heavy atom. The molecule has 0 radical (unpaired) electrons. The largest absolute Gasteiger partial charge is 0.390 e. The van der Waals surface area contributed by atoms with Gasteiger partial charge in [-0.2, -0.15) is 0 Å². The molecule has 0 spiro atoms. The van der Waals surface area contributed by atoms with Gasteiger partial charge in [-0.3, -0.25) is 0 Å². The number of rotatable bonds is 6. The third kappa shape index (κ3) is 4.52. The van der Waals surface area contributed by atoms with Gasteiger partial charge in [-0.1, -0.05) is 11.6 Å². The van der Waals surface area contributed by atoms with Gasteiger partial charge in [-0.05, 0) is 36.4 Å². The minimum absolute atomic E-state index is 0.210. The van der Waals surface area contributed by atoms with Crippen LogP contribution in [0.25, 0.3) is 0 Å². The lowest BCUT2D eigenvalue weighted by molar-refractivity contribution is 0.211. The summed E-state index contributed by atoms with van der Waals surface area (Å²) in [6.07, 6.45) is -0.557. The summed E-state index contributed by atoms with van der Waals surface area (Å²) in [5.74, 6) is 0.828. The minimum Gasteiger partial charge on any atom is -0.390 e. The van der Waals surface area contributed by atoms with E-state index in [1.54, 1.807) is 12.1 Å². The molecule has 106 valence electrons. The lowest BCUT2D eigenvalue weighted by Gasteiger charge is -2.11. The zero-order valence-corrected chi connectivity index (χ0v) is 12.1. The predicted octanol–water partition coefficient (Wildman–Crippen LogP) is 2.89. The molecule has 3 N–H and O–H groups in total. The van der Waals surface area contributed by atoms with E-state index in [-0.39, 0.29) is 5.88 Å². The third-order valence-electron chi connectivity index (χ3n) is 2.51. The second-order valence-corrected chi connectivity index (χ2v) is 4.83. The highest BCUT2D eigenvalue weighted by Gasteiger charge is 2.02. The van der Waals surface area contributed by atoms with Crippen molar-refractivity contribution in [2.24, 2.45) is 0 Å². The number of aliphatic hydroxyl groups is 1. The van der Waals surface area contributed by atoms with E-state index in [1.165, 1.54) is 0 Å². The summed E-state index contributed by atoms with van der Waals surface area (Å²) in [7, 11) is 0. The van der Waals surface area contributed by atoms with Crippen LogP contribution in [-0.2, 0) is 0 Å². The van der Waals surface area contributed by atoms with Gasteiger partial charge < -0.3 is 15.7 Å². The van der Waals surface area contributed by atoms with Crippen LogP contribution in [0.5, 0.6) is 0 Å². The smallest absolute Gasteiger partial charge is 0.153 e. The Morgan fingerprint density at radius 2 is 1.75 bits per heavy atom. The highest BCUT2D eigenvalue weighted by molar-refractivity contribution is 6.29. The van der Waals surface area contributed by atoms with Crippen molar-refractivity contribution in [2.75, 3.05) is 23.1 Å². The van der Waals surface area contributed by atoms with Crippen LogP contribution in [0.1, 0.15) is 0 Å². The molecule has 0 fully saturated rings. The lowest BCUT2D eigenvalue weighted by Crippen LogP contribution is -2.20. The van der Waals surface area contributed by atoms with Gasteiger partial charge in [-0.15, -0.1) is 21.8 Å². The van der Waals surface area contributed by atoms with Crippen molar-refractivity contribution in [1.82, 2.24) is 10.2 Å². The molecule has 0 saturated carbocycles. The molecule has 2 rings (SSSR count). The SMILES string of the molecule is OC(CCl)CNc1ccc(Nc2ccc(Cl)nn2)cc1. The van der Waals surface area contributed by atoms with E-state index in [2.05, 4.69) is 20.8 Å². The maximum atomic E-state index is 9.36. The summed E-state index contributed by atoms with van der Waals surface area (Å²) in [5.41, 5.74) is 1.78. The molecule has 7 heteroatoms. The molecule has 1 aromatic carbocycles. The average Bonchev–Trinajstić information content (AvgIpc) is 2.48. The number of anilines is 3. The van der Waals surface area contributed by atoms with Crippen molar-refractivity contribution >= 4 is 40.4 Å². The number of hydrogen-bond acceptors (Lipinski definition) is 5. The molecular formula is C13H14Cl2N4O. The van der Waals surface area contributed by atoms with Gasteiger partial charge in [0.25, 0.3) is 0 Å². The molecular weight excluding hydrogens is 299 g/mol. The van der Waals surface area contributed by atoms with Crippen LogP contribution in [-0.4, -0.2) is 33.8 Å². The number of benzene rings is 1. The molecule has 0 bridgehead atoms. The van der Waals surface area contributed by atoms with Crippen molar-refractivity contribution in [2.45, 2.75) is 6.10 Å². The molecule has 5 nitrogen and oxygen atoms in total. The van der Waals surface area contributed by atoms with Crippen LogP contribution in [0, 0.1) is 0 Å². The Morgan fingerprint density at radius 3 is 2.35 bits per heavy atom. The van der Waals surface area contributed by atoms with E-state index in [0.29, 0.717) is 17.5 Å². The summed E-state index contributed by atoms with van der Waals surface area (Å²) in [5, 5.41) is 23.6. The fraction of sp³-hybridized carbons (Fsp3) is 0.231. The molecule has 0 amide bonds. The van der Waals surface area contributed by atoms with Gasteiger partial charge in [0.05, 0.1) is 12.0 Å². The molecule has 1 heterocycles. The van der Waals surface area contributed by atoms with Gasteiger partial charge in [-0.25, -0.2) is 0 Å². The second-order valence-electron chi connectivity index (χ2n) is 4.13. The number of aromatic nitrogens is 2. The van der Waals surface area contributed by atoms with Crippen LogP contribution < -0.4 is 10.6 Å². The Kier molecular flexibility index (Phi) is 5.40. The van der Waals surface area contributed by atoms with Gasteiger partial charge in [0.15, 0.2) is 11.0 Å². The van der Waals surface area contributed by atoms with Crippen LogP contribution in [0.4, 0.5) is 17.2 Å². The molecule has 1 aromatic heterocycles. The summed E-state index contributed by atoms with van der Waals surface area (Å²) in [4.78, 5) is 0. The molecule has 0 aliphatic heterocycles. The summed E-state index contributed by atoms with van der Waals surface area (Å²) in [6.45, 7) is 0.416. The van der Waals surface area contributed by atoms with Crippen molar-refractivity contribution in [1.29, 1.82) is 0 Å². The molecule has 0 saturated heterocycles. The second kappa shape index (κ2) is 7.28. The van der Waals surface area contributed by atoms with E-state index in [1.807, 2.05) is 24.3 Å². The predicted molar refractivity (Wildman–Crippen MR) is 82.0 cm³/mol. The molecule has 2 aromatic rings. The minimum atomic E-state index is -0.557. The Balaban J connectivity index is 1.92. The van der Waals surface area contributed by atoms with E-state index in [0.717, 1.165) is 11.4 Å². The first-order valence-electron chi connectivity index (χ1n) is 6.01. The maximum Gasteiger partial charge on any atom is 0.153 e. The highest BCUT2D eigenvalue weighted by Crippen LogP contribution is 2.17. The van der Waals surface area contributed by atoms with Gasteiger partial charge in [0.1, 0.15) is 0 Å². The van der Waals surface area contributed by atoms with Crippen LogP contribution >= 0.6 is 23.2 Å². The Labute approximate surface area is 126 Å². The Bertz CT molecular complexity index is 533. The van der Waals surface area contributed by atoms with Gasteiger partial charge in [0.2, 0.25) is 0 Å². The fourth-order valence-corrected chi connectivity index (χ4v) is 1.70.